The number of ether oxygens (including phenoxy) is 1. The summed E-state index contributed by atoms with van der Waals surface area (Å²) in [6, 6.07) is 15.8. The molecular weight excluding hydrogens is 352 g/mol. The number of amides is 2. The number of rotatable bonds is 7. The van der Waals surface area contributed by atoms with Crippen molar-refractivity contribution in [2.24, 2.45) is 0 Å². The van der Waals surface area contributed by atoms with Crippen molar-refractivity contribution in [3.05, 3.63) is 54.1 Å². The quantitative estimate of drug-likeness (QED) is 0.722. The van der Waals surface area contributed by atoms with E-state index >= 15 is 0 Å². The minimum atomic E-state index is -0.222. The molecule has 1 aliphatic heterocycles. The van der Waals surface area contributed by atoms with Gasteiger partial charge in [-0.05, 0) is 49.4 Å². The van der Waals surface area contributed by atoms with Crippen LogP contribution in [-0.2, 0) is 6.42 Å². The van der Waals surface area contributed by atoms with Crippen LogP contribution in [0.1, 0.15) is 12.5 Å². The molecule has 2 N–H and O–H groups in total. The zero-order chi connectivity index (χ0) is 19.8. The first-order chi connectivity index (χ1) is 13.7. The summed E-state index contributed by atoms with van der Waals surface area (Å²) in [7, 11) is 2.15. The molecule has 1 saturated heterocycles. The van der Waals surface area contributed by atoms with Crippen molar-refractivity contribution < 1.29 is 9.53 Å². The largest absolute Gasteiger partial charge is 0.491 e. The molecule has 0 atom stereocenters. The molecule has 0 aliphatic carbocycles. The Morgan fingerprint density at radius 2 is 1.75 bits per heavy atom. The number of hydrogen-bond donors (Lipinski definition) is 2. The maximum atomic E-state index is 12.1. The lowest BCUT2D eigenvalue weighted by molar-refractivity contribution is 0.247. The average Bonchev–Trinajstić information content (AvgIpc) is 2.73. The molecule has 0 spiro atoms. The summed E-state index contributed by atoms with van der Waals surface area (Å²) in [5, 5.41) is 5.70. The molecule has 0 bridgehead atoms. The van der Waals surface area contributed by atoms with E-state index in [1.807, 2.05) is 30.3 Å². The van der Waals surface area contributed by atoms with Crippen molar-refractivity contribution in [3.8, 4) is 5.75 Å². The number of urea groups is 1. The number of likely N-dealkylation sites (N-methyl/N-ethyl adjacent to an activating group) is 1. The van der Waals surface area contributed by atoms with Gasteiger partial charge in [0.05, 0.1) is 6.54 Å². The smallest absolute Gasteiger partial charge is 0.319 e. The lowest BCUT2D eigenvalue weighted by Gasteiger charge is -2.34. The van der Waals surface area contributed by atoms with Gasteiger partial charge >= 0.3 is 6.03 Å². The van der Waals surface area contributed by atoms with Gasteiger partial charge in [0.25, 0.3) is 0 Å². The van der Waals surface area contributed by atoms with Crippen LogP contribution in [0.4, 0.5) is 16.2 Å². The molecule has 2 aromatic rings. The predicted molar refractivity (Wildman–Crippen MR) is 114 cm³/mol. The van der Waals surface area contributed by atoms with Gasteiger partial charge in [-0.15, -0.1) is 0 Å². The van der Waals surface area contributed by atoms with E-state index in [-0.39, 0.29) is 6.03 Å². The number of para-hydroxylation sites is 1. The maximum absolute atomic E-state index is 12.1. The van der Waals surface area contributed by atoms with Crippen LogP contribution in [0, 0.1) is 0 Å². The molecule has 1 fully saturated rings. The van der Waals surface area contributed by atoms with Crippen molar-refractivity contribution >= 4 is 17.4 Å². The van der Waals surface area contributed by atoms with Gasteiger partial charge in [-0.25, -0.2) is 4.79 Å². The van der Waals surface area contributed by atoms with Crippen molar-refractivity contribution in [1.29, 1.82) is 0 Å². The van der Waals surface area contributed by atoms with E-state index in [1.165, 1.54) is 11.3 Å². The summed E-state index contributed by atoms with van der Waals surface area (Å²) in [5.74, 6) is 0.881. The highest BCUT2D eigenvalue weighted by molar-refractivity contribution is 5.89. The van der Waals surface area contributed by atoms with Gasteiger partial charge in [0, 0.05) is 37.6 Å². The van der Waals surface area contributed by atoms with Crippen molar-refractivity contribution in [2.75, 3.05) is 56.6 Å². The predicted octanol–water partition coefficient (Wildman–Crippen LogP) is 3.20. The van der Waals surface area contributed by atoms with Crippen LogP contribution in [0.15, 0.2) is 48.5 Å². The molecule has 1 aliphatic rings. The van der Waals surface area contributed by atoms with Gasteiger partial charge in [-0.2, -0.15) is 0 Å². The Morgan fingerprint density at radius 3 is 2.46 bits per heavy atom. The van der Waals surface area contributed by atoms with Crippen LogP contribution in [0.2, 0.25) is 0 Å². The lowest BCUT2D eigenvalue weighted by Crippen LogP contribution is -2.44. The van der Waals surface area contributed by atoms with Crippen LogP contribution in [0.5, 0.6) is 5.75 Å². The lowest BCUT2D eigenvalue weighted by atomic mass is 10.1. The van der Waals surface area contributed by atoms with Crippen LogP contribution in [0.25, 0.3) is 0 Å². The summed E-state index contributed by atoms with van der Waals surface area (Å²) in [5.41, 5.74) is 3.15. The zero-order valence-electron chi connectivity index (χ0n) is 16.8. The fourth-order valence-electron chi connectivity index (χ4n) is 3.26. The van der Waals surface area contributed by atoms with Crippen LogP contribution in [0.3, 0.4) is 0 Å². The van der Waals surface area contributed by atoms with Gasteiger partial charge in [0.15, 0.2) is 0 Å². The number of piperazine rings is 1. The monoisotopic (exact) mass is 382 g/mol. The highest BCUT2D eigenvalue weighted by atomic mass is 16.5. The highest BCUT2D eigenvalue weighted by Crippen LogP contribution is 2.19. The van der Waals surface area contributed by atoms with E-state index in [9.17, 15) is 4.79 Å². The summed E-state index contributed by atoms with van der Waals surface area (Å²) in [6.07, 6.45) is 0.925. The number of carbonyl (C=O) groups excluding carboxylic acids is 1. The summed E-state index contributed by atoms with van der Waals surface area (Å²) < 4.78 is 5.77. The van der Waals surface area contributed by atoms with Gasteiger partial charge in [0.2, 0.25) is 0 Å². The molecule has 2 aromatic carbocycles. The molecule has 6 nitrogen and oxygen atoms in total. The van der Waals surface area contributed by atoms with Crippen LogP contribution < -0.4 is 20.3 Å². The second-order valence-corrected chi connectivity index (χ2v) is 7.03. The zero-order valence-corrected chi connectivity index (χ0v) is 16.8. The van der Waals surface area contributed by atoms with Crippen molar-refractivity contribution in [3.63, 3.8) is 0 Å². The standard InChI is InChI=1S/C22H30N4O2/c1-3-18-6-4-5-7-21(18)28-17-12-23-22(27)24-19-8-10-20(11-9-19)26-15-13-25(2)14-16-26/h4-11H,3,12-17H2,1-2H3,(H2,23,24,27). The Morgan fingerprint density at radius 1 is 1.04 bits per heavy atom. The summed E-state index contributed by atoms with van der Waals surface area (Å²) in [6.45, 7) is 7.20. The minimum absolute atomic E-state index is 0.222. The third kappa shape index (κ3) is 5.63. The van der Waals surface area contributed by atoms with Gasteiger partial charge in [-0.3, -0.25) is 0 Å². The summed E-state index contributed by atoms with van der Waals surface area (Å²) in [4.78, 5) is 16.8. The molecule has 0 radical (unpaired) electrons. The van der Waals surface area contributed by atoms with E-state index in [0.717, 1.165) is 44.0 Å². The molecule has 150 valence electrons. The molecular formula is C22H30N4O2. The fraction of sp³-hybridized carbons (Fsp3) is 0.409. The van der Waals surface area contributed by atoms with Gasteiger partial charge < -0.3 is 25.2 Å². The van der Waals surface area contributed by atoms with E-state index in [0.29, 0.717) is 13.2 Å². The Hall–Kier alpha value is -2.73. The number of nitrogens with zero attached hydrogens (tertiary/aromatic N) is 2. The summed E-state index contributed by atoms with van der Waals surface area (Å²) >= 11 is 0. The highest BCUT2D eigenvalue weighted by Gasteiger charge is 2.14. The van der Waals surface area contributed by atoms with Crippen LogP contribution >= 0.6 is 0 Å². The number of aryl methyl sites for hydroxylation is 1. The molecule has 1 heterocycles. The van der Waals surface area contributed by atoms with Crippen molar-refractivity contribution in [1.82, 2.24) is 10.2 Å². The molecule has 0 unspecified atom stereocenters. The molecule has 28 heavy (non-hydrogen) atoms. The molecule has 3 rings (SSSR count). The fourth-order valence-corrected chi connectivity index (χ4v) is 3.26. The Labute approximate surface area is 167 Å². The Balaban J connectivity index is 1.40. The maximum Gasteiger partial charge on any atom is 0.319 e. The van der Waals surface area contributed by atoms with E-state index in [1.54, 1.807) is 0 Å². The first-order valence-electron chi connectivity index (χ1n) is 9.95. The number of nitrogens with one attached hydrogen (secondary N) is 2. The van der Waals surface area contributed by atoms with Crippen molar-refractivity contribution in [2.45, 2.75) is 13.3 Å². The first kappa shape index (κ1) is 20.0. The minimum Gasteiger partial charge on any atom is -0.491 e. The third-order valence-corrected chi connectivity index (χ3v) is 4.99. The first-order valence-corrected chi connectivity index (χ1v) is 9.95. The van der Waals surface area contributed by atoms with E-state index < -0.39 is 0 Å². The molecule has 6 heteroatoms. The number of carbonyl (C=O) groups is 1. The third-order valence-electron chi connectivity index (χ3n) is 4.99. The SMILES string of the molecule is CCc1ccccc1OCCNC(=O)Nc1ccc(N2CCN(C)CC2)cc1. The Kier molecular flexibility index (Phi) is 7.14. The second-order valence-electron chi connectivity index (χ2n) is 7.03. The molecule has 2 amide bonds. The average molecular weight is 383 g/mol. The van der Waals surface area contributed by atoms with Crippen LogP contribution in [-0.4, -0.2) is 57.3 Å². The Bertz CT molecular complexity index is 755. The molecule has 0 aromatic heterocycles. The molecule has 0 saturated carbocycles. The second kappa shape index (κ2) is 9.99. The van der Waals surface area contributed by atoms with E-state index in [4.69, 9.17) is 4.74 Å². The number of benzene rings is 2. The van der Waals surface area contributed by atoms with Gasteiger partial charge in [-0.1, -0.05) is 25.1 Å². The number of hydrogen-bond acceptors (Lipinski definition) is 4. The van der Waals surface area contributed by atoms with E-state index in [2.05, 4.69) is 52.6 Å². The van der Waals surface area contributed by atoms with Gasteiger partial charge in [0.1, 0.15) is 12.4 Å². The topological polar surface area (TPSA) is 56.8 Å². The normalized spacial score (nSPS) is 14.6. The number of anilines is 2.